The van der Waals surface area contributed by atoms with Crippen LogP contribution in [0.25, 0.3) is 21.5 Å². The van der Waals surface area contributed by atoms with E-state index in [1.54, 1.807) is 13.4 Å². The van der Waals surface area contributed by atoms with Gasteiger partial charge in [0.25, 0.3) is 5.91 Å². The fourth-order valence-electron chi connectivity index (χ4n) is 4.08. The van der Waals surface area contributed by atoms with E-state index in [0.29, 0.717) is 38.3 Å². The lowest BCUT2D eigenvalue weighted by Gasteiger charge is -2.35. The number of amides is 1. The number of rotatable bonds is 6. The largest absolute Gasteiger partial charge is 0.497 e. The summed E-state index contributed by atoms with van der Waals surface area (Å²) in [6, 6.07) is 15.1. The summed E-state index contributed by atoms with van der Waals surface area (Å²) in [6.07, 6.45) is 1.59. The predicted molar refractivity (Wildman–Crippen MR) is 133 cm³/mol. The highest BCUT2D eigenvalue weighted by atomic mass is 32.1. The normalized spacial score (nSPS) is 13.8. The molecule has 5 rings (SSSR count). The number of ether oxygens (including phenoxy) is 2. The number of hydrogen-bond donors (Lipinski definition) is 0. The van der Waals surface area contributed by atoms with Crippen LogP contribution in [0.4, 0.5) is 5.82 Å². The average molecular weight is 476 g/mol. The van der Waals surface area contributed by atoms with E-state index >= 15 is 0 Å². The first kappa shape index (κ1) is 22.1. The van der Waals surface area contributed by atoms with Gasteiger partial charge in [-0.05, 0) is 67.0 Å². The van der Waals surface area contributed by atoms with Gasteiger partial charge in [0, 0.05) is 37.3 Å². The average Bonchev–Trinajstić information content (AvgIpc) is 3.33. The molecule has 8 nitrogen and oxygen atoms in total. The van der Waals surface area contributed by atoms with Gasteiger partial charge in [-0.15, -0.1) is 0 Å². The molecule has 0 saturated carbocycles. The third-order valence-corrected chi connectivity index (χ3v) is 6.71. The minimum atomic E-state index is 0.0371. The Morgan fingerprint density at radius 3 is 2.35 bits per heavy atom. The van der Waals surface area contributed by atoms with Crippen molar-refractivity contribution in [2.75, 3.05) is 44.8 Å². The molecule has 174 valence electrons. The van der Waals surface area contributed by atoms with Crippen LogP contribution >= 0.6 is 11.5 Å². The summed E-state index contributed by atoms with van der Waals surface area (Å²) in [7, 11) is 1.65. The minimum Gasteiger partial charge on any atom is -0.497 e. The van der Waals surface area contributed by atoms with Gasteiger partial charge in [-0.2, -0.15) is 4.37 Å². The Kier molecular flexibility index (Phi) is 6.27. The molecule has 0 spiro atoms. The number of hydrogen-bond acceptors (Lipinski definition) is 8. The maximum atomic E-state index is 13.0. The molecule has 1 saturated heterocycles. The van der Waals surface area contributed by atoms with Crippen molar-refractivity contribution in [3.8, 4) is 22.8 Å². The van der Waals surface area contributed by atoms with E-state index in [9.17, 15) is 4.79 Å². The van der Waals surface area contributed by atoms with E-state index in [-0.39, 0.29) is 5.91 Å². The molecule has 3 heterocycles. The van der Waals surface area contributed by atoms with Crippen molar-refractivity contribution >= 4 is 33.5 Å². The lowest BCUT2D eigenvalue weighted by molar-refractivity contribution is 0.0746. The smallest absolute Gasteiger partial charge is 0.253 e. The summed E-state index contributed by atoms with van der Waals surface area (Å²) in [5.41, 5.74) is 3.35. The lowest BCUT2D eigenvalue weighted by atomic mass is 10.1. The molecule has 34 heavy (non-hydrogen) atoms. The van der Waals surface area contributed by atoms with Crippen molar-refractivity contribution in [3.63, 3.8) is 0 Å². The maximum absolute atomic E-state index is 13.0. The second kappa shape index (κ2) is 9.64. The number of carbonyl (C=O) groups excluding carboxylic acids is 1. The highest BCUT2D eigenvalue weighted by Crippen LogP contribution is 2.35. The number of anilines is 1. The molecule has 1 fully saturated rings. The Morgan fingerprint density at radius 2 is 1.68 bits per heavy atom. The highest BCUT2D eigenvalue weighted by Gasteiger charge is 2.25. The monoisotopic (exact) mass is 475 g/mol. The number of benzene rings is 2. The van der Waals surface area contributed by atoms with Crippen molar-refractivity contribution in [2.24, 2.45) is 0 Å². The molecule has 1 aliphatic rings. The SMILES string of the molecule is CCOc1ccc(C(=O)N2CCN(c3ncnc4c(-c5ccc(OC)cc5)nsc34)CC2)cc1. The molecular weight excluding hydrogens is 450 g/mol. The van der Waals surface area contributed by atoms with Crippen molar-refractivity contribution in [1.82, 2.24) is 19.2 Å². The van der Waals surface area contributed by atoms with Crippen LogP contribution in [-0.2, 0) is 0 Å². The van der Waals surface area contributed by atoms with Crippen LogP contribution in [0.2, 0.25) is 0 Å². The first-order valence-electron chi connectivity index (χ1n) is 11.2. The van der Waals surface area contributed by atoms with Crippen LogP contribution < -0.4 is 14.4 Å². The molecule has 2 aromatic carbocycles. The number of nitrogens with zero attached hydrogens (tertiary/aromatic N) is 5. The molecule has 2 aromatic heterocycles. The van der Waals surface area contributed by atoms with Gasteiger partial charge in [-0.3, -0.25) is 4.79 Å². The zero-order valence-corrected chi connectivity index (χ0v) is 19.9. The summed E-state index contributed by atoms with van der Waals surface area (Å²) in [5.74, 6) is 2.48. The Bertz CT molecular complexity index is 1280. The third-order valence-electron chi connectivity index (χ3n) is 5.88. The van der Waals surface area contributed by atoms with E-state index in [0.717, 1.165) is 38.8 Å². The Labute approximate surface area is 201 Å². The van der Waals surface area contributed by atoms with Crippen molar-refractivity contribution in [1.29, 1.82) is 0 Å². The number of carbonyl (C=O) groups is 1. The second-order valence-corrected chi connectivity index (χ2v) is 8.64. The fraction of sp³-hybridized carbons (Fsp3) is 0.280. The molecule has 1 aliphatic heterocycles. The van der Waals surface area contributed by atoms with Crippen LogP contribution in [0.15, 0.2) is 54.9 Å². The number of fused-ring (bicyclic) bond motifs is 1. The summed E-state index contributed by atoms with van der Waals surface area (Å²) < 4.78 is 16.4. The van der Waals surface area contributed by atoms with Crippen LogP contribution in [0, 0.1) is 0 Å². The molecule has 9 heteroatoms. The molecule has 0 aliphatic carbocycles. The number of piperazine rings is 1. The van der Waals surface area contributed by atoms with Gasteiger partial charge in [-0.25, -0.2) is 9.97 Å². The molecule has 0 bridgehead atoms. The summed E-state index contributed by atoms with van der Waals surface area (Å²) >= 11 is 1.41. The van der Waals surface area contributed by atoms with Gasteiger partial charge >= 0.3 is 0 Å². The highest BCUT2D eigenvalue weighted by molar-refractivity contribution is 7.14. The van der Waals surface area contributed by atoms with E-state index in [1.807, 2.05) is 60.4 Å². The Balaban J connectivity index is 1.31. The molecular formula is C25H25N5O3S. The van der Waals surface area contributed by atoms with Crippen LogP contribution in [0.5, 0.6) is 11.5 Å². The summed E-state index contributed by atoms with van der Waals surface area (Å²) in [6.45, 7) is 5.20. The topological polar surface area (TPSA) is 80.7 Å². The quantitative estimate of drug-likeness (QED) is 0.415. The van der Waals surface area contributed by atoms with Gasteiger partial charge in [0.15, 0.2) is 5.82 Å². The number of methoxy groups -OCH3 is 1. The zero-order valence-electron chi connectivity index (χ0n) is 19.1. The van der Waals surface area contributed by atoms with E-state index in [4.69, 9.17) is 9.47 Å². The van der Waals surface area contributed by atoms with Crippen molar-refractivity contribution in [3.05, 3.63) is 60.4 Å². The van der Waals surface area contributed by atoms with E-state index < -0.39 is 0 Å². The van der Waals surface area contributed by atoms with Crippen LogP contribution in [0.3, 0.4) is 0 Å². The molecule has 0 N–H and O–H groups in total. The third kappa shape index (κ3) is 4.26. The molecule has 0 atom stereocenters. The van der Waals surface area contributed by atoms with Crippen molar-refractivity contribution < 1.29 is 14.3 Å². The first-order valence-corrected chi connectivity index (χ1v) is 12.0. The minimum absolute atomic E-state index is 0.0371. The lowest BCUT2D eigenvalue weighted by Crippen LogP contribution is -2.49. The Morgan fingerprint density at radius 1 is 0.971 bits per heavy atom. The van der Waals surface area contributed by atoms with Gasteiger partial charge in [0.05, 0.1) is 13.7 Å². The van der Waals surface area contributed by atoms with E-state index in [2.05, 4.69) is 19.2 Å². The fourth-order valence-corrected chi connectivity index (χ4v) is 4.95. The zero-order chi connectivity index (χ0) is 23.5. The Hall–Kier alpha value is -3.72. The maximum Gasteiger partial charge on any atom is 0.253 e. The molecule has 1 amide bonds. The predicted octanol–water partition coefficient (Wildman–Crippen LogP) is 4.12. The summed E-state index contributed by atoms with van der Waals surface area (Å²) in [5, 5.41) is 0. The molecule has 4 aromatic rings. The standard InChI is InChI=1S/C25H25N5O3S/c1-3-33-20-10-6-18(7-11-20)25(31)30-14-12-29(13-15-30)24-23-22(26-16-27-24)21(28-34-23)17-4-8-19(32-2)9-5-17/h4-11,16H,3,12-15H2,1-2H3. The molecule has 0 radical (unpaired) electrons. The van der Waals surface area contributed by atoms with Gasteiger partial charge < -0.3 is 19.3 Å². The van der Waals surface area contributed by atoms with Crippen LogP contribution in [0.1, 0.15) is 17.3 Å². The first-order chi connectivity index (χ1) is 16.7. The molecule has 0 unspecified atom stereocenters. The van der Waals surface area contributed by atoms with Crippen molar-refractivity contribution in [2.45, 2.75) is 6.92 Å². The van der Waals surface area contributed by atoms with Gasteiger partial charge in [0.2, 0.25) is 0 Å². The van der Waals surface area contributed by atoms with Crippen LogP contribution in [-0.4, -0.2) is 65.0 Å². The number of aromatic nitrogens is 3. The van der Waals surface area contributed by atoms with Gasteiger partial charge in [0.1, 0.15) is 33.7 Å². The van der Waals surface area contributed by atoms with Gasteiger partial charge in [-0.1, -0.05) is 0 Å². The second-order valence-electron chi connectivity index (χ2n) is 7.87. The summed E-state index contributed by atoms with van der Waals surface area (Å²) in [4.78, 5) is 26.1. The van der Waals surface area contributed by atoms with E-state index in [1.165, 1.54) is 11.5 Å².